The lowest BCUT2D eigenvalue weighted by atomic mass is 10.1. The van der Waals surface area contributed by atoms with Crippen LogP contribution in [0.5, 0.6) is 0 Å². The van der Waals surface area contributed by atoms with Crippen molar-refractivity contribution in [2.75, 3.05) is 12.4 Å². The smallest absolute Gasteiger partial charge is 0.310 e. The molecule has 0 aliphatic carbocycles. The van der Waals surface area contributed by atoms with Gasteiger partial charge in [-0.1, -0.05) is 30.3 Å². The molecule has 0 bridgehead atoms. The number of carbonyl (C=O) groups is 2. The molecule has 2 unspecified atom stereocenters. The second-order valence-corrected chi connectivity index (χ2v) is 9.06. The van der Waals surface area contributed by atoms with Crippen molar-refractivity contribution in [1.82, 2.24) is 0 Å². The van der Waals surface area contributed by atoms with Gasteiger partial charge in [-0.25, -0.2) is 8.42 Å². The molecule has 7 nitrogen and oxygen atoms in total. The number of hydrogen-bond donors (Lipinski definition) is 1. The van der Waals surface area contributed by atoms with Crippen LogP contribution in [0.1, 0.15) is 32.3 Å². The molecular weight excluding hydrogens is 360 g/mol. The molecule has 1 aliphatic heterocycles. The third kappa shape index (κ3) is 5.89. The Hall–Kier alpha value is -1.77. The molecule has 1 aliphatic rings. The molecular formula is C18H24O7S. The first kappa shape index (κ1) is 20.5. The van der Waals surface area contributed by atoms with Crippen molar-refractivity contribution in [3.05, 3.63) is 35.9 Å². The van der Waals surface area contributed by atoms with Crippen molar-refractivity contribution < 1.29 is 32.6 Å². The van der Waals surface area contributed by atoms with Gasteiger partial charge in [-0.15, -0.1) is 0 Å². The predicted molar refractivity (Wildman–Crippen MR) is 94.5 cm³/mol. The highest BCUT2D eigenvalue weighted by molar-refractivity contribution is 7.92. The molecule has 1 N–H and O–H groups in total. The van der Waals surface area contributed by atoms with E-state index in [1.54, 1.807) is 13.8 Å². The standard InChI is InChI=1S/C18H24O7S/c1-18(2)24-11-14(25-18)12-26(22,23)16(15(19)10-17(20)21)9-8-13-6-4-3-5-7-13/h3-7,14,16H,8-12H2,1-2H3,(H,20,21). The number of Topliss-reactive ketones (excluding diaryl/α,β-unsaturated/α-hetero) is 1. The summed E-state index contributed by atoms with van der Waals surface area (Å²) in [7, 11) is -3.89. The highest BCUT2D eigenvalue weighted by Crippen LogP contribution is 2.25. The van der Waals surface area contributed by atoms with Crippen LogP contribution in [0, 0.1) is 0 Å². The molecule has 1 fully saturated rings. The minimum Gasteiger partial charge on any atom is -0.481 e. The van der Waals surface area contributed by atoms with E-state index in [1.807, 2.05) is 30.3 Å². The number of carboxylic acids is 1. The maximum absolute atomic E-state index is 12.8. The van der Waals surface area contributed by atoms with Crippen molar-refractivity contribution in [2.24, 2.45) is 0 Å². The van der Waals surface area contributed by atoms with Gasteiger partial charge >= 0.3 is 5.97 Å². The summed E-state index contributed by atoms with van der Waals surface area (Å²) in [5.74, 6) is -3.38. The van der Waals surface area contributed by atoms with Crippen LogP contribution in [-0.2, 0) is 35.3 Å². The van der Waals surface area contributed by atoms with Gasteiger partial charge < -0.3 is 14.6 Å². The van der Waals surface area contributed by atoms with Gasteiger partial charge in [0.2, 0.25) is 0 Å². The van der Waals surface area contributed by atoms with Crippen molar-refractivity contribution in [3.63, 3.8) is 0 Å². The van der Waals surface area contributed by atoms with Crippen LogP contribution in [0.3, 0.4) is 0 Å². The van der Waals surface area contributed by atoms with Gasteiger partial charge in [0.15, 0.2) is 21.4 Å². The molecule has 0 saturated carbocycles. The van der Waals surface area contributed by atoms with Crippen LogP contribution in [0.25, 0.3) is 0 Å². The molecule has 0 amide bonds. The van der Waals surface area contributed by atoms with E-state index in [2.05, 4.69) is 0 Å². The summed E-state index contributed by atoms with van der Waals surface area (Å²) >= 11 is 0. The van der Waals surface area contributed by atoms with E-state index in [0.29, 0.717) is 6.42 Å². The molecule has 8 heteroatoms. The highest BCUT2D eigenvalue weighted by Gasteiger charge is 2.40. The third-order valence-electron chi connectivity index (χ3n) is 4.14. The number of carbonyl (C=O) groups excluding carboxylic acids is 1. The largest absolute Gasteiger partial charge is 0.481 e. The number of aliphatic carboxylic acids is 1. The molecule has 1 aromatic rings. The second kappa shape index (κ2) is 8.28. The van der Waals surface area contributed by atoms with E-state index in [4.69, 9.17) is 14.6 Å². The average molecular weight is 384 g/mol. The zero-order chi connectivity index (χ0) is 19.4. The summed E-state index contributed by atoms with van der Waals surface area (Å²) in [6, 6.07) is 9.16. The Morgan fingerprint density at radius 2 is 1.92 bits per heavy atom. The van der Waals surface area contributed by atoms with Crippen LogP contribution in [0.2, 0.25) is 0 Å². The molecule has 1 saturated heterocycles. The monoisotopic (exact) mass is 384 g/mol. The summed E-state index contributed by atoms with van der Waals surface area (Å²) < 4.78 is 36.5. The van der Waals surface area contributed by atoms with Gasteiger partial charge in [0.1, 0.15) is 11.7 Å². The van der Waals surface area contributed by atoms with Crippen molar-refractivity contribution in [3.8, 4) is 0 Å². The summed E-state index contributed by atoms with van der Waals surface area (Å²) in [6.07, 6.45) is -1.09. The first-order valence-electron chi connectivity index (χ1n) is 8.41. The quantitative estimate of drug-likeness (QED) is 0.644. The van der Waals surface area contributed by atoms with Gasteiger partial charge in [0.05, 0.1) is 18.5 Å². The van der Waals surface area contributed by atoms with Gasteiger partial charge in [-0.2, -0.15) is 0 Å². The van der Waals surface area contributed by atoms with E-state index in [-0.39, 0.29) is 18.8 Å². The van der Waals surface area contributed by atoms with Crippen LogP contribution in [0.15, 0.2) is 30.3 Å². The number of aryl methyl sites for hydroxylation is 1. The van der Waals surface area contributed by atoms with E-state index in [1.165, 1.54) is 0 Å². The van der Waals surface area contributed by atoms with E-state index in [9.17, 15) is 18.0 Å². The number of ether oxygens (including phenoxy) is 2. The lowest BCUT2D eigenvalue weighted by Crippen LogP contribution is -2.38. The number of rotatable bonds is 9. The van der Waals surface area contributed by atoms with Gasteiger partial charge in [-0.05, 0) is 32.3 Å². The minimum absolute atomic E-state index is 0.0371. The van der Waals surface area contributed by atoms with Gasteiger partial charge in [0.25, 0.3) is 0 Å². The Balaban J connectivity index is 2.12. The van der Waals surface area contributed by atoms with Crippen LogP contribution >= 0.6 is 0 Å². The molecule has 2 atom stereocenters. The SMILES string of the molecule is CC1(C)OCC(CS(=O)(=O)C(CCc2ccccc2)C(=O)CC(=O)O)O1. The number of ketones is 1. The molecule has 1 aromatic carbocycles. The Bertz CT molecular complexity index is 740. The highest BCUT2D eigenvalue weighted by atomic mass is 32.2. The Kier molecular flexibility index (Phi) is 6.54. The molecule has 0 radical (unpaired) electrons. The van der Waals surface area contributed by atoms with Crippen LogP contribution < -0.4 is 0 Å². The Morgan fingerprint density at radius 1 is 1.27 bits per heavy atom. The zero-order valence-corrected chi connectivity index (χ0v) is 15.7. The lowest BCUT2D eigenvalue weighted by molar-refractivity contribution is -0.140. The molecule has 26 heavy (non-hydrogen) atoms. The molecule has 0 aromatic heterocycles. The molecule has 0 spiro atoms. The van der Waals surface area contributed by atoms with Gasteiger partial charge in [-0.3, -0.25) is 9.59 Å². The van der Waals surface area contributed by atoms with Crippen molar-refractivity contribution in [1.29, 1.82) is 0 Å². The second-order valence-electron chi connectivity index (χ2n) is 6.83. The summed E-state index contributed by atoms with van der Waals surface area (Å²) in [4.78, 5) is 23.2. The third-order valence-corrected chi connectivity index (χ3v) is 6.34. The first-order valence-corrected chi connectivity index (χ1v) is 10.1. The Morgan fingerprint density at radius 3 is 2.46 bits per heavy atom. The van der Waals surface area contributed by atoms with E-state index in [0.717, 1.165) is 5.56 Å². The summed E-state index contributed by atoms with van der Waals surface area (Å²) in [5, 5.41) is 7.51. The summed E-state index contributed by atoms with van der Waals surface area (Å²) in [5.41, 5.74) is 0.886. The van der Waals surface area contributed by atoms with E-state index < -0.39 is 45.2 Å². The zero-order valence-electron chi connectivity index (χ0n) is 14.9. The average Bonchev–Trinajstić information content (AvgIpc) is 2.85. The predicted octanol–water partition coefficient (Wildman–Crippen LogP) is 1.60. The maximum Gasteiger partial charge on any atom is 0.310 e. The lowest BCUT2D eigenvalue weighted by Gasteiger charge is -2.20. The van der Waals surface area contributed by atoms with Crippen LogP contribution in [-0.4, -0.2) is 54.8 Å². The van der Waals surface area contributed by atoms with Crippen molar-refractivity contribution >= 4 is 21.6 Å². The number of sulfone groups is 1. The van der Waals surface area contributed by atoms with E-state index >= 15 is 0 Å². The molecule has 144 valence electrons. The fourth-order valence-electron chi connectivity index (χ4n) is 2.97. The summed E-state index contributed by atoms with van der Waals surface area (Å²) in [6.45, 7) is 3.48. The maximum atomic E-state index is 12.8. The minimum atomic E-state index is -3.89. The fraction of sp³-hybridized carbons (Fsp3) is 0.556. The topological polar surface area (TPSA) is 107 Å². The van der Waals surface area contributed by atoms with Crippen LogP contribution in [0.4, 0.5) is 0 Å². The first-order chi connectivity index (χ1) is 12.1. The molecule has 2 rings (SSSR count). The van der Waals surface area contributed by atoms with Crippen molar-refractivity contribution in [2.45, 2.75) is 50.3 Å². The normalized spacial score (nSPS) is 20.6. The molecule has 1 heterocycles. The fourth-order valence-corrected chi connectivity index (χ4v) is 4.84. The number of carboxylic acid groups (broad SMARTS) is 1. The Labute approximate surface area is 153 Å². The number of benzene rings is 1. The van der Waals surface area contributed by atoms with Gasteiger partial charge in [0, 0.05) is 0 Å². The number of hydrogen-bond acceptors (Lipinski definition) is 6.